The Hall–Kier alpha value is -2.75. The maximum Gasteiger partial charge on any atom is 0.472 e. The number of phosphoric ester groups is 1. The molecule has 0 radical (unpaired) electrons. The molecule has 14 nitrogen and oxygen atoms in total. The van der Waals surface area contributed by atoms with Crippen LogP contribution in [0.4, 0.5) is 0 Å². The second-order valence-electron chi connectivity index (χ2n) is 16.6. The van der Waals surface area contributed by atoms with Crippen LogP contribution in [0.15, 0.2) is 72.9 Å². The van der Waals surface area contributed by atoms with E-state index in [9.17, 15) is 44.6 Å². The molecule has 2 rings (SSSR count). The van der Waals surface area contributed by atoms with E-state index in [1.54, 1.807) is 0 Å². The van der Waals surface area contributed by atoms with Gasteiger partial charge in [0.05, 0.1) is 18.8 Å². The van der Waals surface area contributed by atoms with Gasteiger partial charge in [0.15, 0.2) is 6.10 Å². The average Bonchev–Trinajstić information content (AvgIpc) is 4.03. The molecule has 2 aliphatic rings. The second-order valence-corrected chi connectivity index (χ2v) is 18.0. The normalized spacial score (nSPS) is 25.4. The van der Waals surface area contributed by atoms with Crippen LogP contribution in [0.25, 0.3) is 0 Å². The lowest BCUT2D eigenvalue weighted by atomic mass is 9.85. The fourth-order valence-electron chi connectivity index (χ4n) is 6.92. The Morgan fingerprint density at radius 1 is 0.547 bits per heavy atom. The first-order valence-corrected chi connectivity index (χ1v) is 25.4. The molecule has 1 saturated heterocycles. The van der Waals surface area contributed by atoms with E-state index in [2.05, 4.69) is 62.5 Å². The third-order valence-corrected chi connectivity index (χ3v) is 11.9. The highest BCUT2D eigenvalue weighted by atomic mass is 31.2. The van der Waals surface area contributed by atoms with E-state index < -0.39 is 75.7 Å². The molecule has 1 heterocycles. The lowest BCUT2D eigenvalue weighted by Gasteiger charge is -2.41. The molecule has 64 heavy (non-hydrogen) atoms. The van der Waals surface area contributed by atoms with Gasteiger partial charge in [0.25, 0.3) is 0 Å². The van der Waals surface area contributed by atoms with Gasteiger partial charge in [0.2, 0.25) is 0 Å². The predicted octanol–water partition coefficient (Wildman–Crippen LogP) is 8.49. The van der Waals surface area contributed by atoms with Crippen LogP contribution in [0, 0.1) is 0 Å². The number of carbonyl (C=O) groups excluding carboxylic acids is 2. The number of allylic oxidation sites excluding steroid dienone is 10. The van der Waals surface area contributed by atoms with Gasteiger partial charge in [0, 0.05) is 12.8 Å². The summed E-state index contributed by atoms with van der Waals surface area (Å²) in [6.45, 7) is 3.16. The summed E-state index contributed by atoms with van der Waals surface area (Å²) in [5, 5.41) is 50.2. The van der Waals surface area contributed by atoms with E-state index in [4.69, 9.17) is 23.3 Å². The summed E-state index contributed by atoms with van der Waals surface area (Å²) in [4.78, 5) is 35.7. The first-order valence-electron chi connectivity index (χ1n) is 23.9. The molecule has 366 valence electrons. The minimum atomic E-state index is -5.15. The zero-order valence-corrected chi connectivity index (χ0v) is 39.4. The molecule has 0 aromatic heterocycles. The number of aliphatic hydroxyl groups is 5. The monoisotopic (exact) mass is 925 g/mol. The highest BCUT2D eigenvalue weighted by molar-refractivity contribution is 7.47. The number of rotatable bonds is 37. The molecule has 0 aromatic carbocycles. The smallest absolute Gasteiger partial charge is 0.462 e. The molecule has 0 amide bonds. The van der Waals surface area contributed by atoms with Crippen LogP contribution >= 0.6 is 7.82 Å². The third kappa shape index (κ3) is 27.0. The quantitative estimate of drug-likeness (QED) is 0.0113. The molecule has 10 atom stereocenters. The largest absolute Gasteiger partial charge is 0.472 e. The van der Waals surface area contributed by atoms with Gasteiger partial charge in [0.1, 0.15) is 43.2 Å². The van der Waals surface area contributed by atoms with E-state index in [0.29, 0.717) is 31.8 Å². The molecule has 1 aliphatic carbocycles. The molecule has 5 unspecified atom stereocenters. The highest BCUT2D eigenvalue weighted by Crippen LogP contribution is 2.47. The zero-order valence-electron chi connectivity index (χ0n) is 38.5. The number of phosphoric acid groups is 1. The number of epoxide rings is 1. The number of hydrogen-bond donors (Lipinski definition) is 6. The third-order valence-electron chi connectivity index (χ3n) is 10.9. The van der Waals surface area contributed by atoms with Gasteiger partial charge < -0.3 is 44.6 Å². The Labute approximate surface area is 382 Å². The van der Waals surface area contributed by atoms with Crippen LogP contribution in [0.1, 0.15) is 155 Å². The summed E-state index contributed by atoms with van der Waals surface area (Å²) in [6.07, 6.45) is 32.8. The van der Waals surface area contributed by atoms with Crippen LogP contribution in [-0.2, 0) is 37.4 Å². The summed E-state index contributed by atoms with van der Waals surface area (Å²) in [5.41, 5.74) is 0. The van der Waals surface area contributed by atoms with E-state index in [0.717, 1.165) is 44.9 Å². The predicted molar refractivity (Wildman–Crippen MR) is 248 cm³/mol. The van der Waals surface area contributed by atoms with Crippen molar-refractivity contribution < 1.29 is 67.8 Å². The number of aliphatic hydroxyl groups excluding tert-OH is 5. The Bertz CT molecular complexity index is 1460. The number of esters is 2. The summed E-state index contributed by atoms with van der Waals surface area (Å²) < 4.78 is 39.2. The van der Waals surface area contributed by atoms with Gasteiger partial charge in [-0.15, -0.1) is 0 Å². The van der Waals surface area contributed by atoms with E-state index in [1.165, 1.54) is 57.8 Å². The summed E-state index contributed by atoms with van der Waals surface area (Å²) in [7, 11) is -5.15. The number of carbonyl (C=O) groups is 2. The number of unbranched alkanes of at least 4 members (excludes halogenated alkanes) is 11. The van der Waals surface area contributed by atoms with E-state index in [-0.39, 0.29) is 18.9 Å². The minimum absolute atomic E-state index is 0.00140. The molecule has 1 saturated carbocycles. The Morgan fingerprint density at radius 3 is 1.55 bits per heavy atom. The molecule has 0 aromatic rings. The van der Waals surface area contributed by atoms with Crippen molar-refractivity contribution in [2.75, 3.05) is 13.2 Å². The van der Waals surface area contributed by atoms with Crippen molar-refractivity contribution in [2.24, 2.45) is 0 Å². The van der Waals surface area contributed by atoms with E-state index in [1.807, 2.05) is 24.3 Å². The first kappa shape index (κ1) is 57.4. The number of hydrogen-bond acceptors (Lipinski definition) is 13. The fourth-order valence-corrected chi connectivity index (χ4v) is 7.90. The Morgan fingerprint density at radius 2 is 0.969 bits per heavy atom. The fraction of sp³-hybridized carbons (Fsp3) is 0.714. The van der Waals surface area contributed by atoms with Crippen molar-refractivity contribution in [1.82, 2.24) is 0 Å². The van der Waals surface area contributed by atoms with Gasteiger partial charge >= 0.3 is 19.8 Å². The average molecular weight is 925 g/mol. The van der Waals surface area contributed by atoms with Crippen molar-refractivity contribution in [1.29, 1.82) is 0 Å². The molecule has 15 heteroatoms. The molecule has 0 spiro atoms. The maximum absolute atomic E-state index is 12.8. The van der Waals surface area contributed by atoms with Gasteiger partial charge in [-0.1, -0.05) is 132 Å². The lowest BCUT2D eigenvalue weighted by Crippen LogP contribution is -2.64. The van der Waals surface area contributed by atoms with Crippen LogP contribution in [-0.4, -0.2) is 111 Å². The zero-order chi connectivity index (χ0) is 46.8. The minimum Gasteiger partial charge on any atom is -0.462 e. The standard InChI is InChI=1S/C49H81O14P/c1-3-5-7-9-11-12-13-14-15-16-17-18-19-20-23-27-31-35-42(50)59-37-39(38-60-64(57,58)63-49-47(55)45(53)44(52)46(54)48(49)56)61-43(51)36-32-28-24-21-22-26-30-34-41-40(62-41)33-29-25-10-8-6-4-2/h14-15,17-18,20-21,23-26,29-30,39-41,44-49,52-56H,3-13,16,19,22,27-28,31-38H2,1-2H3,(H,57,58)/b15-14-,18-17-,23-20-,24-21-,29-25-,30-26-/t39-,40?,41?,44?,45-,46+,47-,48-,49?/m1/s1. The SMILES string of the molecule is CCCCC/C=C\CC1OC1C/C=C\C/C=C\CCCC(=O)O[C@H](COC(=O)CCC/C=C\C/C=C\C/C=C\CCCCCCCC)COP(=O)(O)OC1[C@H](O)[C@H](O)C(O)[C@H](O)[C@H]1O. The molecular formula is C49H81O14P. The van der Waals surface area contributed by atoms with E-state index >= 15 is 0 Å². The molecule has 1 aliphatic heterocycles. The van der Waals surface area contributed by atoms with Crippen LogP contribution in [0.3, 0.4) is 0 Å². The van der Waals surface area contributed by atoms with Crippen molar-refractivity contribution >= 4 is 19.8 Å². The topological polar surface area (TPSA) is 222 Å². The Kier molecular flexibility index (Phi) is 31.8. The van der Waals surface area contributed by atoms with Crippen molar-refractivity contribution in [3.05, 3.63) is 72.9 Å². The van der Waals surface area contributed by atoms with Crippen molar-refractivity contribution in [3.63, 3.8) is 0 Å². The summed E-state index contributed by atoms with van der Waals surface area (Å²) in [6, 6.07) is 0. The van der Waals surface area contributed by atoms with Crippen LogP contribution in [0.2, 0.25) is 0 Å². The second kappa shape index (κ2) is 35.4. The van der Waals surface area contributed by atoms with Crippen molar-refractivity contribution in [2.45, 2.75) is 210 Å². The maximum atomic E-state index is 12.8. The summed E-state index contributed by atoms with van der Waals surface area (Å²) in [5.74, 6) is -1.24. The molecule has 6 N–H and O–H groups in total. The summed E-state index contributed by atoms with van der Waals surface area (Å²) >= 11 is 0. The van der Waals surface area contributed by atoms with Gasteiger partial charge in [-0.2, -0.15) is 0 Å². The molecule has 0 bridgehead atoms. The van der Waals surface area contributed by atoms with Crippen molar-refractivity contribution in [3.8, 4) is 0 Å². The highest BCUT2D eigenvalue weighted by Gasteiger charge is 2.51. The van der Waals surface area contributed by atoms with Crippen LogP contribution < -0.4 is 0 Å². The van der Waals surface area contributed by atoms with Gasteiger partial charge in [-0.05, 0) is 83.5 Å². The first-order chi connectivity index (χ1) is 30.9. The van der Waals surface area contributed by atoms with Gasteiger partial charge in [-0.3, -0.25) is 18.6 Å². The Balaban J connectivity index is 1.75. The molecule has 2 fully saturated rings. The lowest BCUT2D eigenvalue weighted by molar-refractivity contribution is -0.220. The number of ether oxygens (including phenoxy) is 3. The molecular weight excluding hydrogens is 843 g/mol. The van der Waals surface area contributed by atoms with Gasteiger partial charge in [-0.25, -0.2) is 4.57 Å². The van der Waals surface area contributed by atoms with Crippen LogP contribution in [0.5, 0.6) is 0 Å².